The Balaban J connectivity index is 2.22. The molecule has 0 spiro atoms. The van der Waals surface area contributed by atoms with E-state index >= 15 is 0 Å². The van der Waals surface area contributed by atoms with E-state index in [0.29, 0.717) is 6.04 Å². The summed E-state index contributed by atoms with van der Waals surface area (Å²) in [6.45, 7) is 4.21. The van der Waals surface area contributed by atoms with Crippen LogP contribution in [0.4, 0.5) is 0 Å². The van der Waals surface area contributed by atoms with Gasteiger partial charge in [0.1, 0.15) is 12.2 Å². The van der Waals surface area contributed by atoms with Crippen molar-refractivity contribution in [3.8, 4) is 0 Å². The molecule has 0 saturated carbocycles. The molecule has 1 N–H and O–H groups in total. The standard InChI is InChI=1S/C14H19ClN4/c1-10(2)19-14(17-9-18-19)8-13(16-3)11-5-4-6-12(15)7-11/h4-7,9-10,13,16H,8H2,1-3H3. The number of hydrogen-bond acceptors (Lipinski definition) is 3. The van der Waals surface area contributed by atoms with Gasteiger partial charge in [-0.25, -0.2) is 9.67 Å². The minimum Gasteiger partial charge on any atom is -0.313 e. The van der Waals surface area contributed by atoms with E-state index in [2.05, 4.69) is 35.3 Å². The number of halogens is 1. The fraction of sp³-hybridized carbons (Fsp3) is 0.429. The molecule has 1 aromatic carbocycles. The highest BCUT2D eigenvalue weighted by atomic mass is 35.5. The normalized spacial score (nSPS) is 12.9. The topological polar surface area (TPSA) is 42.7 Å². The van der Waals surface area contributed by atoms with E-state index in [1.54, 1.807) is 6.33 Å². The van der Waals surface area contributed by atoms with Crippen molar-refractivity contribution in [1.82, 2.24) is 20.1 Å². The third-order valence-electron chi connectivity index (χ3n) is 3.12. The first-order chi connectivity index (χ1) is 9.11. The summed E-state index contributed by atoms with van der Waals surface area (Å²) in [5.74, 6) is 0.981. The highest BCUT2D eigenvalue weighted by molar-refractivity contribution is 6.30. The van der Waals surface area contributed by atoms with Crippen molar-refractivity contribution < 1.29 is 0 Å². The van der Waals surface area contributed by atoms with Crippen molar-refractivity contribution in [2.75, 3.05) is 7.05 Å². The van der Waals surface area contributed by atoms with Crippen LogP contribution < -0.4 is 5.32 Å². The van der Waals surface area contributed by atoms with Crippen LogP contribution in [0.2, 0.25) is 5.02 Å². The summed E-state index contributed by atoms with van der Waals surface area (Å²) in [5, 5.41) is 8.33. The zero-order chi connectivity index (χ0) is 13.8. The maximum Gasteiger partial charge on any atom is 0.138 e. The van der Waals surface area contributed by atoms with Crippen molar-refractivity contribution in [1.29, 1.82) is 0 Å². The summed E-state index contributed by atoms with van der Waals surface area (Å²) in [4.78, 5) is 4.35. The Labute approximate surface area is 118 Å². The lowest BCUT2D eigenvalue weighted by atomic mass is 10.0. The lowest BCUT2D eigenvalue weighted by Gasteiger charge is -2.18. The fourth-order valence-electron chi connectivity index (χ4n) is 2.14. The Morgan fingerprint density at radius 3 is 2.79 bits per heavy atom. The maximum absolute atomic E-state index is 6.05. The van der Waals surface area contributed by atoms with E-state index in [0.717, 1.165) is 22.8 Å². The molecule has 1 unspecified atom stereocenters. The molecule has 0 aliphatic carbocycles. The number of benzene rings is 1. The van der Waals surface area contributed by atoms with Gasteiger partial charge in [0, 0.05) is 23.5 Å². The minimum atomic E-state index is 0.181. The number of nitrogens with one attached hydrogen (secondary N) is 1. The molecule has 2 rings (SSSR count). The molecule has 0 saturated heterocycles. The molecule has 0 aliphatic rings. The van der Waals surface area contributed by atoms with Crippen molar-refractivity contribution in [2.45, 2.75) is 32.4 Å². The summed E-state index contributed by atoms with van der Waals surface area (Å²) >= 11 is 6.05. The molecular formula is C14H19ClN4. The quantitative estimate of drug-likeness (QED) is 0.914. The summed E-state index contributed by atoms with van der Waals surface area (Å²) in [6, 6.07) is 8.40. The van der Waals surface area contributed by atoms with E-state index in [9.17, 15) is 0 Å². The average molecular weight is 279 g/mol. The molecule has 1 heterocycles. The van der Waals surface area contributed by atoms with Crippen LogP contribution in [0.3, 0.4) is 0 Å². The molecule has 0 fully saturated rings. The smallest absolute Gasteiger partial charge is 0.138 e. The van der Waals surface area contributed by atoms with Crippen LogP contribution in [0.15, 0.2) is 30.6 Å². The molecule has 0 radical (unpaired) electrons. The SMILES string of the molecule is CNC(Cc1ncnn1C(C)C)c1cccc(Cl)c1. The van der Waals surface area contributed by atoms with E-state index in [-0.39, 0.29) is 6.04 Å². The van der Waals surface area contributed by atoms with Gasteiger partial charge in [-0.3, -0.25) is 0 Å². The number of hydrogen-bond donors (Lipinski definition) is 1. The second-order valence-electron chi connectivity index (χ2n) is 4.81. The molecule has 19 heavy (non-hydrogen) atoms. The summed E-state index contributed by atoms with van der Waals surface area (Å²) in [5.41, 5.74) is 1.16. The first kappa shape index (κ1) is 14.0. The highest BCUT2D eigenvalue weighted by Gasteiger charge is 2.15. The number of rotatable bonds is 5. The van der Waals surface area contributed by atoms with Crippen molar-refractivity contribution >= 4 is 11.6 Å². The Kier molecular flexibility index (Phi) is 4.56. The molecule has 0 bridgehead atoms. The van der Waals surface area contributed by atoms with Crippen LogP contribution in [-0.4, -0.2) is 21.8 Å². The van der Waals surface area contributed by atoms with Crippen LogP contribution in [0.5, 0.6) is 0 Å². The van der Waals surface area contributed by atoms with Crippen LogP contribution in [0.1, 0.15) is 37.3 Å². The molecule has 2 aromatic rings. The molecule has 1 aromatic heterocycles. The number of aromatic nitrogens is 3. The van der Waals surface area contributed by atoms with Crippen LogP contribution in [0.25, 0.3) is 0 Å². The van der Waals surface area contributed by atoms with Gasteiger partial charge >= 0.3 is 0 Å². The first-order valence-corrected chi connectivity index (χ1v) is 6.80. The van der Waals surface area contributed by atoms with Gasteiger partial charge in [-0.1, -0.05) is 23.7 Å². The largest absolute Gasteiger partial charge is 0.313 e. The first-order valence-electron chi connectivity index (χ1n) is 6.43. The van der Waals surface area contributed by atoms with Crippen LogP contribution >= 0.6 is 11.6 Å². The van der Waals surface area contributed by atoms with Crippen molar-refractivity contribution in [2.24, 2.45) is 0 Å². The third-order valence-corrected chi connectivity index (χ3v) is 3.36. The second kappa shape index (κ2) is 6.17. The molecule has 5 heteroatoms. The van der Waals surface area contributed by atoms with Crippen molar-refractivity contribution in [3.63, 3.8) is 0 Å². The Morgan fingerprint density at radius 2 is 2.16 bits per heavy atom. The molecular weight excluding hydrogens is 260 g/mol. The maximum atomic E-state index is 6.05. The average Bonchev–Trinajstić information content (AvgIpc) is 2.84. The molecule has 0 aliphatic heterocycles. The monoisotopic (exact) mass is 278 g/mol. The van der Waals surface area contributed by atoms with Gasteiger partial charge in [-0.05, 0) is 38.6 Å². The van der Waals surface area contributed by atoms with Gasteiger partial charge in [0.05, 0.1) is 0 Å². The van der Waals surface area contributed by atoms with Gasteiger partial charge in [0.2, 0.25) is 0 Å². The lowest BCUT2D eigenvalue weighted by Crippen LogP contribution is -2.21. The van der Waals surface area contributed by atoms with Crippen LogP contribution in [-0.2, 0) is 6.42 Å². The zero-order valence-corrected chi connectivity index (χ0v) is 12.2. The molecule has 1 atom stereocenters. The predicted molar refractivity (Wildman–Crippen MR) is 77.4 cm³/mol. The van der Waals surface area contributed by atoms with E-state index in [1.165, 1.54) is 0 Å². The highest BCUT2D eigenvalue weighted by Crippen LogP contribution is 2.21. The van der Waals surface area contributed by atoms with Gasteiger partial charge in [0.15, 0.2) is 0 Å². The summed E-state index contributed by atoms with van der Waals surface area (Å²) in [7, 11) is 1.95. The minimum absolute atomic E-state index is 0.181. The van der Waals surface area contributed by atoms with Gasteiger partial charge in [-0.2, -0.15) is 5.10 Å². The Hall–Kier alpha value is -1.39. The molecule has 4 nitrogen and oxygen atoms in total. The fourth-order valence-corrected chi connectivity index (χ4v) is 2.34. The molecule has 0 amide bonds. The van der Waals surface area contributed by atoms with E-state index in [1.807, 2.05) is 29.9 Å². The summed E-state index contributed by atoms with van der Waals surface area (Å²) < 4.78 is 1.95. The van der Waals surface area contributed by atoms with E-state index in [4.69, 9.17) is 11.6 Å². The Morgan fingerprint density at radius 1 is 1.37 bits per heavy atom. The van der Waals surface area contributed by atoms with Crippen molar-refractivity contribution in [3.05, 3.63) is 47.0 Å². The van der Waals surface area contributed by atoms with Gasteiger partial charge < -0.3 is 5.32 Å². The van der Waals surface area contributed by atoms with Gasteiger partial charge in [0.25, 0.3) is 0 Å². The van der Waals surface area contributed by atoms with Crippen LogP contribution in [0, 0.1) is 0 Å². The third kappa shape index (κ3) is 3.33. The zero-order valence-electron chi connectivity index (χ0n) is 11.5. The summed E-state index contributed by atoms with van der Waals surface area (Å²) in [6.07, 6.45) is 2.40. The van der Waals surface area contributed by atoms with E-state index < -0.39 is 0 Å². The molecule has 102 valence electrons. The second-order valence-corrected chi connectivity index (χ2v) is 5.25. The lowest BCUT2D eigenvalue weighted by molar-refractivity contribution is 0.478. The number of nitrogens with zero attached hydrogens (tertiary/aromatic N) is 3. The van der Waals surface area contributed by atoms with Gasteiger partial charge in [-0.15, -0.1) is 0 Å². The predicted octanol–water partition coefficient (Wildman–Crippen LogP) is 3.02. The number of likely N-dealkylation sites (N-methyl/N-ethyl adjacent to an activating group) is 1. The Bertz CT molecular complexity index is 536.